The van der Waals surface area contributed by atoms with Gasteiger partial charge in [-0.2, -0.15) is 5.21 Å². The fourth-order valence-electron chi connectivity index (χ4n) is 1.38. The van der Waals surface area contributed by atoms with Crippen molar-refractivity contribution >= 4 is 5.95 Å². The minimum Gasteiger partial charge on any atom is -0.491 e. The molecule has 6 nitrogen and oxygen atoms in total. The van der Waals surface area contributed by atoms with Gasteiger partial charge < -0.3 is 10.1 Å². The van der Waals surface area contributed by atoms with Crippen LogP contribution in [0.1, 0.15) is 19.4 Å². The summed E-state index contributed by atoms with van der Waals surface area (Å²) in [4.78, 5) is 0. The first-order valence-corrected chi connectivity index (χ1v) is 5.47. The van der Waals surface area contributed by atoms with E-state index in [9.17, 15) is 0 Å². The summed E-state index contributed by atoms with van der Waals surface area (Å²) in [6.45, 7) is 4.67. The van der Waals surface area contributed by atoms with Crippen LogP contribution in [-0.4, -0.2) is 26.7 Å². The van der Waals surface area contributed by atoms with Gasteiger partial charge in [0.05, 0.1) is 6.10 Å². The highest BCUT2D eigenvalue weighted by atomic mass is 16.5. The van der Waals surface area contributed by atoms with Gasteiger partial charge in [-0.25, -0.2) is 0 Å². The maximum absolute atomic E-state index is 5.56. The summed E-state index contributed by atoms with van der Waals surface area (Å²) in [5, 5.41) is 16.5. The van der Waals surface area contributed by atoms with Gasteiger partial charge in [0.25, 0.3) is 5.95 Å². The van der Waals surface area contributed by atoms with Gasteiger partial charge in [-0.05, 0) is 36.8 Å². The third kappa shape index (κ3) is 3.44. The Morgan fingerprint density at radius 3 is 2.65 bits per heavy atom. The van der Waals surface area contributed by atoms with Crippen LogP contribution < -0.4 is 10.1 Å². The molecule has 1 heterocycles. The van der Waals surface area contributed by atoms with Crippen molar-refractivity contribution in [2.75, 3.05) is 5.32 Å². The molecule has 0 spiro atoms. The van der Waals surface area contributed by atoms with Crippen LogP contribution in [0.5, 0.6) is 5.75 Å². The molecule has 1 aromatic heterocycles. The number of hydrogen-bond donors (Lipinski definition) is 2. The zero-order chi connectivity index (χ0) is 12.1. The third-order valence-corrected chi connectivity index (χ3v) is 2.09. The molecular formula is C11H15N5O. The molecule has 17 heavy (non-hydrogen) atoms. The van der Waals surface area contributed by atoms with Crippen molar-refractivity contribution in [3.05, 3.63) is 29.8 Å². The number of benzene rings is 1. The predicted molar refractivity (Wildman–Crippen MR) is 63.7 cm³/mol. The minimum absolute atomic E-state index is 0.193. The lowest BCUT2D eigenvalue weighted by Gasteiger charge is -2.10. The quantitative estimate of drug-likeness (QED) is 0.820. The second-order valence-corrected chi connectivity index (χ2v) is 3.90. The fourth-order valence-corrected chi connectivity index (χ4v) is 1.38. The summed E-state index contributed by atoms with van der Waals surface area (Å²) in [6, 6.07) is 7.91. The van der Waals surface area contributed by atoms with Crippen LogP contribution >= 0.6 is 0 Å². The van der Waals surface area contributed by atoms with Crippen LogP contribution in [0, 0.1) is 0 Å². The summed E-state index contributed by atoms with van der Waals surface area (Å²) >= 11 is 0. The maximum atomic E-state index is 5.56. The highest BCUT2D eigenvalue weighted by Crippen LogP contribution is 2.14. The van der Waals surface area contributed by atoms with E-state index in [1.165, 1.54) is 0 Å². The van der Waals surface area contributed by atoms with E-state index < -0.39 is 0 Å². The molecule has 90 valence electrons. The van der Waals surface area contributed by atoms with Crippen LogP contribution in [0.4, 0.5) is 5.95 Å². The molecule has 0 saturated carbocycles. The number of aromatic amines is 1. The van der Waals surface area contributed by atoms with Gasteiger partial charge in [0, 0.05) is 6.54 Å². The molecule has 0 bridgehead atoms. The Morgan fingerprint density at radius 2 is 2.06 bits per heavy atom. The van der Waals surface area contributed by atoms with Crippen LogP contribution in [0.25, 0.3) is 0 Å². The SMILES string of the molecule is CC(C)Oc1ccc(CNc2nn[nH]n2)cc1. The van der Waals surface area contributed by atoms with Gasteiger partial charge in [0.15, 0.2) is 0 Å². The number of nitrogens with zero attached hydrogens (tertiary/aromatic N) is 3. The number of H-pyrrole nitrogens is 1. The molecule has 0 unspecified atom stereocenters. The summed E-state index contributed by atoms with van der Waals surface area (Å²) in [5.41, 5.74) is 1.13. The Morgan fingerprint density at radius 1 is 1.29 bits per heavy atom. The Labute approximate surface area is 99.4 Å². The number of anilines is 1. The average Bonchev–Trinajstić information content (AvgIpc) is 2.80. The van der Waals surface area contributed by atoms with Crippen LogP contribution in [0.2, 0.25) is 0 Å². The molecule has 6 heteroatoms. The van der Waals surface area contributed by atoms with Gasteiger partial charge in [0.2, 0.25) is 0 Å². The monoisotopic (exact) mass is 233 g/mol. The Balaban J connectivity index is 1.89. The predicted octanol–water partition coefficient (Wildman–Crippen LogP) is 1.60. The smallest absolute Gasteiger partial charge is 0.263 e. The molecule has 2 N–H and O–H groups in total. The standard InChI is InChI=1S/C11H15N5O/c1-8(2)17-10-5-3-9(4-6-10)7-12-11-13-15-16-14-11/h3-6,8H,7H2,1-2H3,(H2,12,13,14,15,16). The lowest BCUT2D eigenvalue weighted by molar-refractivity contribution is 0.242. The zero-order valence-electron chi connectivity index (χ0n) is 9.84. The number of ether oxygens (including phenoxy) is 1. The van der Waals surface area contributed by atoms with Crippen molar-refractivity contribution in [3.8, 4) is 5.75 Å². The van der Waals surface area contributed by atoms with E-state index in [2.05, 4.69) is 25.9 Å². The zero-order valence-corrected chi connectivity index (χ0v) is 9.84. The topological polar surface area (TPSA) is 75.7 Å². The first kappa shape index (κ1) is 11.4. The number of rotatable bonds is 5. The molecule has 0 aliphatic rings. The normalized spacial score (nSPS) is 10.5. The first-order chi connectivity index (χ1) is 8.24. The molecule has 2 aromatic rings. The highest BCUT2D eigenvalue weighted by Gasteiger charge is 1.99. The third-order valence-electron chi connectivity index (χ3n) is 2.09. The van der Waals surface area contributed by atoms with E-state index in [-0.39, 0.29) is 6.10 Å². The molecule has 0 atom stereocenters. The molecule has 0 saturated heterocycles. The molecule has 0 radical (unpaired) electrons. The summed E-state index contributed by atoms with van der Waals surface area (Å²) in [5.74, 6) is 1.37. The van der Waals surface area contributed by atoms with E-state index >= 15 is 0 Å². The van der Waals surface area contributed by atoms with E-state index in [0.29, 0.717) is 12.5 Å². The van der Waals surface area contributed by atoms with Gasteiger partial charge in [-0.3, -0.25) is 0 Å². The van der Waals surface area contributed by atoms with Gasteiger partial charge in [-0.15, -0.1) is 5.10 Å². The Bertz CT molecular complexity index is 437. The number of aromatic nitrogens is 4. The Hall–Kier alpha value is -2.11. The van der Waals surface area contributed by atoms with E-state index in [4.69, 9.17) is 4.74 Å². The molecule has 2 rings (SSSR count). The van der Waals surface area contributed by atoms with E-state index in [1.807, 2.05) is 38.1 Å². The fraction of sp³-hybridized carbons (Fsp3) is 0.364. The average molecular weight is 233 g/mol. The van der Waals surface area contributed by atoms with Crippen molar-refractivity contribution in [3.63, 3.8) is 0 Å². The van der Waals surface area contributed by atoms with Crippen molar-refractivity contribution in [1.29, 1.82) is 0 Å². The first-order valence-electron chi connectivity index (χ1n) is 5.47. The van der Waals surface area contributed by atoms with Gasteiger partial charge in [-0.1, -0.05) is 17.2 Å². The largest absolute Gasteiger partial charge is 0.491 e. The molecule has 0 fully saturated rings. The van der Waals surface area contributed by atoms with Crippen molar-refractivity contribution in [1.82, 2.24) is 20.6 Å². The molecule has 1 aromatic carbocycles. The number of tetrazole rings is 1. The second-order valence-electron chi connectivity index (χ2n) is 3.90. The minimum atomic E-state index is 0.193. The van der Waals surface area contributed by atoms with Crippen molar-refractivity contribution < 1.29 is 4.74 Å². The van der Waals surface area contributed by atoms with Crippen molar-refractivity contribution in [2.45, 2.75) is 26.5 Å². The maximum Gasteiger partial charge on any atom is 0.263 e. The molecular weight excluding hydrogens is 218 g/mol. The van der Waals surface area contributed by atoms with Crippen LogP contribution in [0.15, 0.2) is 24.3 Å². The molecule has 0 aliphatic heterocycles. The lowest BCUT2D eigenvalue weighted by Crippen LogP contribution is -2.06. The van der Waals surface area contributed by atoms with Crippen molar-refractivity contribution in [2.24, 2.45) is 0 Å². The van der Waals surface area contributed by atoms with Crippen LogP contribution in [0.3, 0.4) is 0 Å². The summed E-state index contributed by atoms with van der Waals surface area (Å²) in [7, 11) is 0. The highest BCUT2D eigenvalue weighted by molar-refractivity contribution is 5.30. The van der Waals surface area contributed by atoms with Gasteiger partial charge in [0.1, 0.15) is 5.75 Å². The number of hydrogen-bond acceptors (Lipinski definition) is 5. The Kier molecular flexibility index (Phi) is 3.54. The molecule has 0 amide bonds. The lowest BCUT2D eigenvalue weighted by atomic mass is 10.2. The van der Waals surface area contributed by atoms with E-state index in [1.54, 1.807) is 0 Å². The van der Waals surface area contributed by atoms with Crippen LogP contribution in [-0.2, 0) is 6.54 Å². The summed E-state index contributed by atoms with van der Waals surface area (Å²) < 4.78 is 5.56. The van der Waals surface area contributed by atoms with E-state index in [0.717, 1.165) is 11.3 Å². The number of nitrogens with one attached hydrogen (secondary N) is 2. The molecule has 0 aliphatic carbocycles. The summed E-state index contributed by atoms with van der Waals surface area (Å²) in [6.07, 6.45) is 0.193. The second kappa shape index (κ2) is 5.29. The van der Waals surface area contributed by atoms with Gasteiger partial charge >= 0.3 is 0 Å².